The van der Waals surface area contributed by atoms with E-state index in [0.29, 0.717) is 24.7 Å². The van der Waals surface area contributed by atoms with Crippen molar-refractivity contribution in [3.63, 3.8) is 0 Å². The van der Waals surface area contributed by atoms with Gasteiger partial charge in [-0.25, -0.2) is 0 Å². The highest BCUT2D eigenvalue weighted by atomic mass is 32.1. The van der Waals surface area contributed by atoms with Gasteiger partial charge < -0.3 is 9.42 Å². The van der Waals surface area contributed by atoms with E-state index in [0.717, 1.165) is 30.7 Å². The highest BCUT2D eigenvalue weighted by Gasteiger charge is 2.33. The van der Waals surface area contributed by atoms with Crippen LogP contribution in [0, 0.1) is 0 Å². The Kier molecular flexibility index (Phi) is 4.72. The van der Waals surface area contributed by atoms with Crippen molar-refractivity contribution in [2.75, 3.05) is 13.1 Å². The molecular weight excluding hydrogens is 370 g/mol. The van der Waals surface area contributed by atoms with Crippen LogP contribution in [-0.4, -0.2) is 34.0 Å². The Labute approximate surface area is 168 Å². The zero-order chi connectivity index (χ0) is 18.9. The maximum absolute atomic E-state index is 12.4. The third-order valence-electron chi connectivity index (χ3n) is 5.74. The number of amides is 1. The average Bonchev–Trinajstić information content (AvgIpc) is 3.45. The van der Waals surface area contributed by atoms with E-state index in [2.05, 4.69) is 28.3 Å². The number of rotatable bonds is 5. The monoisotopic (exact) mass is 393 g/mol. The van der Waals surface area contributed by atoms with E-state index in [1.807, 2.05) is 23.1 Å². The summed E-state index contributed by atoms with van der Waals surface area (Å²) in [7, 11) is 0. The lowest BCUT2D eigenvalue weighted by atomic mass is 9.99. The number of nitrogens with zero attached hydrogens (tertiary/aromatic N) is 3. The molecular formula is C22H23N3O2S. The lowest BCUT2D eigenvalue weighted by Gasteiger charge is -2.15. The van der Waals surface area contributed by atoms with Gasteiger partial charge in [0.25, 0.3) is 5.89 Å². The van der Waals surface area contributed by atoms with Crippen molar-refractivity contribution < 1.29 is 9.32 Å². The molecule has 144 valence electrons. The fourth-order valence-electron chi connectivity index (χ4n) is 4.17. The Bertz CT molecular complexity index is 955. The summed E-state index contributed by atoms with van der Waals surface area (Å²) < 4.78 is 5.56. The molecule has 1 fully saturated rings. The summed E-state index contributed by atoms with van der Waals surface area (Å²) in [5, 5.41) is 4.21. The van der Waals surface area contributed by atoms with E-state index in [4.69, 9.17) is 4.52 Å². The minimum Gasteiger partial charge on any atom is -0.342 e. The summed E-state index contributed by atoms with van der Waals surface area (Å²) in [5.41, 5.74) is 2.69. The molecule has 1 amide bonds. The summed E-state index contributed by atoms with van der Waals surface area (Å²) in [6.45, 7) is 1.41. The first-order valence-electron chi connectivity index (χ1n) is 10.0. The Morgan fingerprint density at radius 3 is 2.89 bits per heavy atom. The Balaban J connectivity index is 1.26. The molecule has 1 aliphatic heterocycles. The molecule has 28 heavy (non-hydrogen) atoms. The van der Waals surface area contributed by atoms with E-state index in [1.165, 1.54) is 28.8 Å². The molecule has 1 saturated heterocycles. The first-order valence-corrected chi connectivity index (χ1v) is 10.8. The molecule has 5 rings (SSSR count). The minimum absolute atomic E-state index is 0.0235. The molecule has 3 heterocycles. The van der Waals surface area contributed by atoms with Crippen LogP contribution in [0.3, 0.4) is 0 Å². The number of benzene rings is 1. The second-order valence-electron chi connectivity index (χ2n) is 7.70. The van der Waals surface area contributed by atoms with E-state index in [-0.39, 0.29) is 11.8 Å². The number of aromatic nitrogens is 2. The van der Waals surface area contributed by atoms with E-state index >= 15 is 0 Å². The standard InChI is InChI=1S/C22H23N3O2S/c26-20-13-17(14-25(20)11-10-15-6-2-1-3-7-15)21-23-22(27-24-21)19-12-16-8-4-5-9-18(16)28-19/h1-3,6-7,12,17H,4-5,8-11,13-14H2. The van der Waals surface area contributed by atoms with Crippen molar-refractivity contribution in [1.29, 1.82) is 0 Å². The molecule has 0 bridgehead atoms. The van der Waals surface area contributed by atoms with Gasteiger partial charge in [-0.05, 0) is 49.3 Å². The van der Waals surface area contributed by atoms with Crippen LogP contribution in [0.2, 0.25) is 0 Å². The molecule has 3 aromatic rings. The third-order valence-corrected chi connectivity index (χ3v) is 6.97. The van der Waals surface area contributed by atoms with Crippen molar-refractivity contribution in [2.24, 2.45) is 0 Å². The molecule has 2 aromatic heterocycles. The molecule has 6 heteroatoms. The lowest BCUT2D eigenvalue weighted by Crippen LogP contribution is -2.27. The van der Waals surface area contributed by atoms with Crippen LogP contribution in [0.25, 0.3) is 10.8 Å². The van der Waals surface area contributed by atoms with Gasteiger partial charge in [-0.1, -0.05) is 35.5 Å². The largest absolute Gasteiger partial charge is 0.342 e. The molecule has 0 radical (unpaired) electrons. The van der Waals surface area contributed by atoms with Gasteiger partial charge in [0.05, 0.1) is 4.88 Å². The molecule has 0 saturated carbocycles. The first-order chi connectivity index (χ1) is 13.8. The molecule has 5 nitrogen and oxygen atoms in total. The normalized spacial score (nSPS) is 19.2. The number of carbonyl (C=O) groups is 1. The highest BCUT2D eigenvalue weighted by Crippen LogP contribution is 2.36. The number of fused-ring (bicyclic) bond motifs is 1. The second-order valence-corrected chi connectivity index (χ2v) is 8.84. The zero-order valence-electron chi connectivity index (χ0n) is 15.8. The van der Waals surface area contributed by atoms with Gasteiger partial charge in [0.15, 0.2) is 5.82 Å². The summed E-state index contributed by atoms with van der Waals surface area (Å²) in [6.07, 6.45) is 6.19. The Morgan fingerprint density at radius 1 is 1.18 bits per heavy atom. The van der Waals surface area contributed by atoms with Crippen molar-refractivity contribution in [1.82, 2.24) is 15.0 Å². The fourth-order valence-corrected chi connectivity index (χ4v) is 5.34. The van der Waals surface area contributed by atoms with Gasteiger partial charge >= 0.3 is 0 Å². The number of aryl methyl sites for hydroxylation is 2. The Hall–Kier alpha value is -2.47. The molecule has 1 aromatic carbocycles. The van der Waals surface area contributed by atoms with E-state index in [9.17, 15) is 4.79 Å². The summed E-state index contributed by atoms with van der Waals surface area (Å²) in [6, 6.07) is 12.5. The van der Waals surface area contributed by atoms with E-state index < -0.39 is 0 Å². The lowest BCUT2D eigenvalue weighted by molar-refractivity contribution is -0.127. The van der Waals surface area contributed by atoms with Crippen molar-refractivity contribution in [3.8, 4) is 10.8 Å². The summed E-state index contributed by atoms with van der Waals surface area (Å²) in [5.74, 6) is 1.47. The van der Waals surface area contributed by atoms with Crippen LogP contribution >= 0.6 is 11.3 Å². The molecule has 1 unspecified atom stereocenters. The number of hydrogen-bond donors (Lipinski definition) is 0. The van der Waals surface area contributed by atoms with Crippen LogP contribution in [0.1, 0.15) is 47.0 Å². The molecule has 1 aliphatic carbocycles. The Morgan fingerprint density at radius 2 is 2.04 bits per heavy atom. The van der Waals surface area contributed by atoms with Gasteiger partial charge in [0, 0.05) is 30.3 Å². The predicted octanol–water partition coefficient (Wildman–Crippen LogP) is 4.24. The van der Waals surface area contributed by atoms with Crippen LogP contribution < -0.4 is 0 Å². The SMILES string of the molecule is O=C1CC(c2noc(-c3cc4c(s3)CCCC4)n2)CN1CCc1ccccc1. The van der Waals surface area contributed by atoms with Crippen LogP contribution in [0.15, 0.2) is 40.9 Å². The highest BCUT2D eigenvalue weighted by molar-refractivity contribution is 7.15. The smallest absolute Gasteiger partial charge is 0.268 e. The van der Waals surface area contributed by atoms with Gasteiger partial charge in [-0.15, -0.1) is 11.3 Å². The predicted molar refractivity (Wildman–Crippen MR) is 108 cm³/mol. The minimum atomic E-state index is 0.0235. The molecule has 0 N–H and O–H groups in total. The number of hydrogen-bond acceptors (Lipinski definition) is 5. The maximum Gasteiger partial charge on any atom is 0.268 e. The van der Waals surface area contributed by atoms with Gasteiger partial charge in [-0.3, -0.25) is 4.79 Å². The van der Waals surface area contributed by atoms with Crippen LogP contribution in [0.5, 0.6) is 0 Å². The first kappa shape index (κ1) is 17.6. The van der Waals surface area contributed by atoms with Gasteiger partial charge in [0.1, 0.15) is 0 Å². The van der Waals surface area contributed by atoms with Crippen molar-refractivity contribution >= 4 is 17.2 Å². The summed E-state index contributed by atoms with van der Waals surface area (Å²) >= 11 is 1.78. The van der Waals surface area contributed by atoms with Gasteiger partial charge in [0.2, 0.25) is 5.91 Å². The second kappa shape index (κ2) is 7.51. The third kappa shape index (κ3) is 3.49. The number of thiophene rings is 1. The maximum atomic E-state index is 12.4. The van der Waals surface area contributed by atoms with Gasteiger partial charge in [-0.2, -0.15) is 4.98 Å². The van der Waals surface area contributed by atoms with Crippen LogP contribution in [0.4, 0.5) is 0 Å². The summed E-state index contributed by atoms with van der Waals surface area (Å²) in [4.78, 5) is 21.5. The van der Waals surface area contributed by atoms with Crippen LogP contribution in [-0.2, 0) is 24.1 Å². The number of carbonyl (C=O) groups excluding carboxylic acids is 1. The number of likely N-dealkylation sites (tertiary alicyclic amines) is 1. The molecule has 0 spiro atoms. The molecule has 2 aliphatic rings. The van der Waals surface area contributed by atoms with Crippen molar-refractivity contribution in [2.45, 2.75) is 44.4 Å². The topological polar surface area (TPSA) is 59.2 Å². The zero-order valence-corrected chi connectivity index (χ0v) is 16.6. The van der Waals surface area contributed by atoms with Crippen molar-refractivity contribution in [3.05, 3.63) is 58.2 Å². The van der Waals surface area contributed by atoms with E-state index in [1.54, 1.807) is 11.3 Å². The average molecular weight is 394 g/mol. The quantitative estimate of drug-likeness (QED) is 0.651. The molecule has 1 atom stereocenters. The fraction of sp³-hybridized carbons (Fsp3) is 0.409.